The Hall–Kier alpha value is -0.800. The number of alkyl halides is 3. The van der Waals surface area contributed by atoms with Crippen LogP contribution >= 0.6 is 0 Å². The number of nitrogens with one attached hydrogen (secondary N) is 1. The Morgan fingerprint density at radius 1 is 1.33 bits per heavy atom. The maximum Gasteiger partial charge on any atom is 0.393 e. The summed E-state index contributed by atoms with van der Waals surface area (Å²) in [6.45, 7) is 6.16. The van der Waals surface area contributed by atoms with Crippen LogP contribution < -0.4 is 5.32 Å². The third-order valence-corrected chi connectivity index (χ3v) is 4.18. The van der Waals surface area contributed by atoms with Crippen molar-refractivity contribution in [2.75, 3.05) is 26.2 Å². The number of nitriles is 1. The van der Waals surface area contributed by atoms with Crippen molar-refractivity contribution in [3.63, 3.8) is 0 Å². The summed E-state index contributed by atoms with van der Waals surface area (Å²) < 4.78 is 38.2. The quantitative estimate of drug-likeness (QED) is 0.733. The highest BCUT2D eigenvalue weighted by Gasteiger charge is 2.41. The molecule has 122 valence electrons. The van der Waals surface area contributed by atoms with Gasteiger partial charge < -0.3 is 4.90 Å². The van der Waals surface area contributed by atoms with Gasteiger partial charge in [0.25, 0.3) is 0 Å². The molecule has 1 N–H and O–H groups in total. The molecule has 2 atom stereocenters. The molecule has 1 aliphatic heterocycles. The monoisotopic (exact) mass is 305 g/mol. The van der Waals surface area contributed by atoms with E-state index in [0.717, 1.165) is 32.4 Å². The van der Waals surface area contributed by atoms with E-state index in [9.17, 15) is 13.2 Å². The van der Waals surface area contributed by atoms with Gasteiger partial charge >= 0.3 is 6.18 Å². The smallest absolute Gasteiger partial charge is 0.303 e. The lowest BCUT2D eigenvalue weighted by atomic mass is 9.95. The lowest BCUT2D eigenvalue weighted by Crippen LogP contribution is -2.42. The summed E-state index contributed by atoms with van der Waals surface area (Å²) >= 11 is 0. The predicted molar refractivity (Wildman–Crippen MR) is 76.8 cm³/mol. The van der Waals surface area contributed by atoms with Crippen molar-refractivity contribution < 1.29 is 13.2 Å². The number of likely N-dealkylation sites (tertiary alicyclic amines) is 1. The molecule has 0 amide bonds. The minimum absolute atomic E-state index is 0.131. The molecule has 0 aromatic rings. The number of unbranched alkanes of at least 4 members (excludes halogenated alkanes) is 1. The molecule has 1 aliphatic rings. The first kappa shape index (κ1) is 18.2. The standard InChI is InChI=1S/C15H26F3N3/c1-3-20-14(2,12-19)8-4-5-9-21-10-6-7-13(11-21)15(16,17)18/h13,20H,3-11H2,1-2H3. The van der Waals surface area contributed by atoms with E-state index in [-0.39, 0.29) is 13.0 Å². The molecule has 2 unspecified atom stereocenters. The van der Waals surface area contributed by atoms with Crippen LogP contribution in [0.1, 0.15) is 46.0 Å². The number of nitrogens with zero attached hydrogens (tertiary/aromatic N) is 2. The van der Waals surface area contributed by atoms with Gasteiger partial charge in [0.05, 0.1) is 12.0 Å². The van der Waals surface area contributed by atoms with E-state index < -0.39 is 17.6 Å². The second kappa shape index (κ2) is 8.00. The predicted octanol–water partition coefficient (Wildman–Crippen LogP) is 3.32. The van der Waals surface area contributed by atoms with Crippen LogP contribution in [0.25, 0.3) is 0 Å². The summed E-state index contributed by atoms with van der Waals surface area (Å²) in [5.41, 5.74) is -0.523. The van der Waals surface area contributed by atoms with Crippen molar-refractivity contribution in [2.24, 2.45) is 5.92 Å². The third-order valence-electron chi connectivity index (χ3n) is 4.18. The Labute approximate surface area is 125 Å². The van der Waals surface area contributed by atoms with Crippen LogP contribution in [-0.4, -0.2) is 42.8 Å². The zero-order valence-corrected chi connectivity index (χ0v) is 13.0. The van der Waals surface area contributed by atoms with Crippen LogP contribution in [0.3, 0.4) is 0 Å². The SMILES string of the molecule is CCNC(C)(C#N)CCCCN1CCCC(C(F)(F)F)C1. The van der Waals surface area contributed by atoms with Gasteiger partial charge in [0, 0.05) is 6.54 Å². The Morgan fingerprint density at radius 3 is 2.62 bits per heavy atom. The number of hydrogen-bond acceptors (Lipinski definition) is 3. The average Bonchev–Trinajstić information content (AvgIpc) is 2.43. The number of hydrogen-bond donors (Lipinski definition) is 1. The minimum Gasteiger partial charge on any atom is -0.303 e. The molecule has 0 aromatic carbocycles. The van der Waals surface area contributed by atoms with E-state index in [1.54, 1.807) is 0 Å². The second-order valence-electron chi connectivity index (χ2n) is 6.11. The Kier molecular flexibility index (Phi) is 6.95. The fraction of sp³-hybridized carbons (Fsp3) is 0.933. The van der Waals surface area contributed by atoms with Crippen LogP contribution in [0.5, 0.6) is 0 Å². The van der Waals surface area contributed by atoms with Gasteiger partial charge in [-0.3, -0.25) is 5.32 Å². The normalized spacial score (nSPS) is 23.5. The van der Waals surface area contributed by atoms with Crippen LogP contribution in [0.4, 0.5) is 13.2 Å². The van der Waals surface area contributed by atoms with Crippen molar-refractivity contribution in [2.45, 2.75) is 57.7 Å². The van der Waals surface area contributed by atoms with Gasteiger partial charge in [0.2, 0.25) is 0 Å². The molecule has 0 spiro atoms. The molecule has 0 aliphatic carbocycles. The maximum absolute atomic E-state index is 12.7. The molecular formula is C15H26F3N3. The van der Waals surface area contributed by atoms with Gasteiger partial charge in [-0.25, -0.2) is 0 Å². The highest BCUT2D eigenvalue weighted by atomic mass is 19.4. The molecule has 3 nitrogen and oxygen atoms in total. The number of rotatable bonds is 7. The zero-order valence-electron chi connectivity index (χ0n) is 13.0. The first-order valence-corrected chi connectivity index (χ1v) is 7.76. The average molecular weight is 305 g/mol. The van der Waals surface area contributed by atoms with E-state index in [4.69, 9.17) is 5.26 Å². The summed E-state index contributed by atoms with van der Waals surface area (Å²) in [7, 11) is 0. The van der Waals surface area contributed by atoms with Gasteiger partial charge in [0.1, 0.15) is 5.54 Å². The largest absolute Gasteiger partial charge is 0.393 e. The lowest BCUT2D eigenvalue weighted by molar-refractivity contribution is -0.186. The maximum atomic E-state index is 12.7. The van der Waals surface area contributed by atoms with Gasteiger partial charge in [-0.15, -0.1) is 0 Å². The summed E-state index contributed by atoms with van der Waals surface area (Å²) in [6.07, 6.45) is -0.765. The topological polar surface area (TPSA) is 39.1 Å². The highest BCUT2D eigenvalue weighted by molar-refractivity contribution is 5.03. The molecule has 6 heteroatoms. The molecule has 1 saturated heterocycles. The van der Waals surface area contributed by atoms with Crippen molar-refractivity contribution in [3.05, 3.63) is 0 Å². The summed E-state index contributed by atoms with van der Waals surface area (Å²) in [6, 6.07) is 2.27. The van der Waals surface area contributed by atoms with E-state index in [2.05, 4.69) is 11.4 Å². The van der Waals surface area contributed by atoms with Crippen molar-refractivity contribution >= 4 is 0 Å². The van der Waals surface area contributed by atoms with E-state index in [1.165, 1.54) is 0 Å². The third kappa shape index (κ3) is 6.23. The molecule has 0 bridgehead atoms. The van der Waals surface area contributed by atoms with Gasteiger partial charge in [-0.2, -0.15) is 18.4 Å². The summed E-state index contributed by atoms with van der Waals surface area (Å²) in [4.78, 5) is 1.92. The zero-order chi connectivity index (χ0) is 15.9. The molecule has 21 heavy (non-hydrogen) atoms. The molecule has 0 aromatic heterocycles. The minimum atomic E-state index is -4.07. The Bertz CT molecular complexity index is 351. The fourth-order valence-electron chi connectivity index (χ4n) is 2.91. The van der Waals surface area contributed by atoms with Crippen LogP contribution in [0.15, 0.2) is 0 Å². The first-order valence-electron chi connectivity index (χ1n) is 7.76. The second-order valence-corrected chi connectivity index (χ2v) is 6.11. The van der Waals surface area contributed by atoms with Crippen molar-refractivity contribution in [1.29, 1.82) is 5.26 Å². The van der Waals surface area contributed by atoms with Crippen LogP contribution in [0, 0.1) is 17.2 Å². The van der Waals surface area contributed by atoms with Crippen LogP contribution in [0.2, 0.25) is 0 Å². The van der Waals surface area contributed by atoms with E-state index in [0.29, 0.717) is 13.0 Å². The first-order chi connectivity index (χ1) is 9.80. The molecule has 0 saturated carbocycles. The van der Waals surface area contributed by atoms with Crippen LogP contribution in [-0.2, 0) is 0 Å². The number of halogens is 3. The molecule has 1 fully saturated rings. The van der Waals surface area contributed by atoms with Gasteiger partial charge in [-0.05, 0) is 58.7 Å². The fourth-order valence-corrected chi connectivity index (χ4v) is 2.91. The lowest BCUT2D eigenvalue weighted by Gasteiger charge is -2.33. The molecule has 1 rings (SSSR count). The Morgan fingerprint density at radius 2 is 2.05 bits per heavy atom. The summed E-state index contributed by atoms with van der Waals surface area (Å²) in [5.74, 6) is -1.17. The number of piperidine rings is 1. The molecule has 0 radical (unpaired) electrons. The summed E-state index contributed by atoms with van der Waals surface area (Å²) in [5, 5.41) is 12.3. The molecular weight excluding hydrogens is 279 g/mol. The van der Waals surface area contributed by atoms with Crippen molar-refractivity contribution in [3.8, 4) is 6.07 Å². The van der Waals surface area contributed by atoms with E-state index >= 15 is 0 Å². The highest BCUT2D eigenvalue weighted by Crippen LogP contribution is 2.33. The molecule has 1 heterocycles. The van der Waals surface area contributed by atoms with Crippen molar-refractivity contribution in [1.82, 2.24) is 10.2 Å². The Balaban J connectivity index is 2.28. The van der Waals surface area contributed by atoms with Gasteiger partial charge in [0.15, 0.2) is 0 Å². The van der Waals surface area contributed by atoms with Gasteiger partial charge in [-0.1, -0.05) is 6.92 Å². The van der Waals surface area contributed by atoms with E-state index in [1.807, 2.05) is 18.7 Å².